The second-order valence-corrected chi connectivity index (χ2v) is 3.93. The number of nitro benzene ring substituents is 1. The summed E-state index contributed by atoms with van der Waals surface area (Å²) in [5.41, 5.74) is -0.000231. The van der Waals surface area contributed by atoms with Gasteiger partial charge in [0.1, 0.15) is 5.56 Å². The summed E-state index contributed by atoms with van der Waals surface area (Å²) in [4.78, 5) is 26.0. The van der Waals surface area contributed by atoms with Gasteiger partial charge in [-0.25, -0.2) is 4.98 Å². The van der Waals surface area contributed by atoms with Gasteiger partial charge in [0, 0.05) is 12.3 Å². The van der Waals surface area contributed by atoms with E-state index in [0.717, 1.165) is 0 Å². The van der Waals surface area contributed by atoms with Gasteiger partial charge in [-0.15, -0.1) is 0 Å². The number of para-hydroxylation sites is 1. The van der Waals surface area contributed by atoms with Gasteiger partial charge in [-0.1, -0.05) is 23.7 Å². The zero-order valence-electron chi connectivity index (χ0n) is 9.54. The van der Waals surface area contributed by atoms with E-state index in [2.05, 4.69) is 10.3 Å². The molecule has 0 bridgehead atoms. The molecule has 96 valence electrons. The highest BCUT2D eigenvalue weighted by atomic mass is 35.5. The van der Waals surface area contributed by atoms with Crippen LogP contribution in [-0.4, -0.2) is 15.8 Å². The number of amides is 1. The van der Waals surface area contributed by atoms with Crippen molar-refractivity contribution < 1.29 is 9.72 Å². The van der Waals surface area contributed by atoms with Crippen molar-refractivity contribution in [2.45, 2.75) is 0 Å². The number of aromatic nitrogens is 1. The molecule has 0 aliphatic heterocycles. The first kappa shape index (κ1) is 13.0. The SMILES string of the molecule is O=C(Nc1cccnc1Cl)c1ccccc1[N+](=O)[O-]. The maximum absolute atomic E-state index is 12.0. The summed E-state index contributed by atoms with van der Waals surface area (Å²) < 4.78 is 0. The number of halogens is 1. The Morgan fingerprint density at radius 2 is 2.00 bits per heavy atom. The number of nitrogens with one attached hydrogen (secondary N) is 1. The van der Waals surface area contributed by atoms with E-state index in [0.29, 0.717) is 5.69 Å². The van der Waals surface area contributed by atoms with Crippen LogP contribution < -0.4 is 5.32 Å². The van der Waals surface area contributed by atoms with Crippen LogP contribution in [0, 0.1) is 10.1 Å². The van der Waals surface area contributed by atoms with E-state index in [4.69, 9.17) is 11.6 Å². The Labute approximate surface area is 113 Å². The minimum absolute atomic E-state index is 0.0348. The Morgan fingerprint density at radius 3 is 2.68 bits per heavy atom. The summed E-state index contributed by atoms with van der Waals surface area (Å²) in [6.45, 7) is 0. The van der Waals surface area contributed by atoms with E-state index in [9.17, 15) is 14.9 Å². The molecule has 0 saturated heterocycles. The van der Waals surface area contributed by atoms with Crippen molar-refractivity contribution in [3.8, 4) is 0 Å². The number of nitrogens with zero attached hydrogens (tertiary/aromatic N) is 2. The van der Waals surface area contributed by atoms with E-state index in [1.165, 1.54) is 24.4 Å². The average Bonchev–Trinajstić information content (AvgIpc) is 2.41. The Kier molecular flexibility index (Phi) is 3.72. The van der Waals surface area contributed by atoms with E-state index in [1.807, 2.05) is 0 Å². The molecular formula is C12H8ClN3O3. The summed E-state index contributed by atoms with van der Waals surface area (Å²) in [6, 6.07) is 8.83. The fourth-order valence-corrected chi connectivity index (χ4v) is 1.66. The predicted octanol–water partition coefficient (Wildman–Crippen LogP) is 2.90. The number of benzene rings is 1. The summed E-state index contributed by atoms with van der Waals surface area (Å²) in [7, 11) is 0. The van der Waals surface area contributed by atoms with Crippen molar-refractivity contribution in [3.63, 3.8) is 0 Å². The molecule has 7 heteroatoms. The molecule has 6 nitrogen and oxygen atoms in total. The molecule has 0 aliphatic rings. The molecule has 1 aromatic carbocycles. The normalized spacial score (nSPS) is 9.95. The average molecular weight is 278 g/mol. The van der Waals surface area contributed by atoms with Gasteiger partial charge in [0.25, 0.3) is 11.6 Å². The van der Waals surface area contributed by atoms with E-state index in [1.54, 1.807) is 18.2 Å². The first-order valence-corrected chi connectivity index (χ1v) is 5.62. The quantitative estimate of drug-likeness (QED) is 0.531. The lowest BCUT2D eigenvalue weighted by atomic mass is 10.1. The zero-order chi connectivity index (χ0) is 13.8. The molecule has 19 heavy (non-hydrogen) atoms. The highest BCUT2D eigenvalue weighted by molar-refractivity contribution is 6.32. The van der Waals surface area contributed by atoms with Gasteiger partial charge in [-0.2, -0.15) is 0 Å². The van der Waals surface area contributed by atoms with Crippen LogP contribution in [0.3, 0.4) is 0 Å². The van der Waals surface area contributed by atoms with Gasteiger partial charge in [0.2, 0.25) is 0 Å². The summed E-state index contributed by atoms with van der Waals surface area (Å²) >= 11 is 5.80. The molecule has 1 heterocycles. The third-order valence-electron chi connectivity index (χ3n) is 2.35. The van der Waals surface area contributed by atoms with Crippen LogP contribution in [0.1, 0.15) is 10.4 Å². The first-order chi connectivity index (χ1) is 9.09. The van der Waals surface area contributed by atoms with Gasteiger partial charge in [0.15, 0.2) is 5.15 Å². The molecule has 0 fully saturated rings. The van der Waals surface area contributed by atoms with E-state index in [-0.39, 0.29) is 16.4 Å². The molecule has 0 atom stereocenters. The van der Waals surface area contributed by atoms with Gasteiger partial charge < -0.3 is 5.32 Å². The summed E-state index contributed by atoms with van der Waals surface area (Å²) in [5, 5.41) is 13.4. The minimum Gasteiger partial charge on any atom is -0.319 e. The molecule has 0 saturated carbocycles. The Balaban J connectivity index is 2.31. The number of carbonyl (C=O) groups excluding carboxylic acids is 1. The molecule has 1 amide bonds. The van der Waals surface area contributed by atoms with Crippen LogP contribution >= 0.6 is 11.6 Å². The zero-order valence-corrected chi connectivity index (χ0v) is 10.3. The van der Waals surface area contributed by atoms with E-state index >= 15 is 0 Å². The van der Waals surface area contributed by atoms with Crippen molar-refractivity contribution in [1.29, 1.82) is 0 Å². The number of pyridine rings is 1. The molecule has 0 spiro atoms. The fourth-order valence-electron chi connectivity index (χ4n) is 1.49. The fraction of sp³-hybridized carbons (Fsp3) is 0. The standard InChI is InChI=1S/C12H8ClN3O3/c13-11-9(5-3-7-14-11)15-12(17)8-4-1-2-6-10(8)16(18)19/h1-7H,(H,15,17). The highest BCUT2D eigenvalue weighted by Gasteiger charge is 2.19. The van der Waals surface area contributed by atoms with Crippen molar-refractivity contribution in [2.75, 3.05) is 5.32 Å². The second-order valence-electron chi connectivity index (χ2n) is 3.57. The van der Waals surface area contributed by atoms with Crippen molar-refractivity contribution in [1.82, 2.24) is 4.98 Å². The smallest absolute Gasteiger partial charge is 0.282 e. The molecule has 0 radical (unpaired) electrons. The van der Waals surface area contributed by atoms with Gasteiger partial charge in [0.05, 0.1) is 10.6 Å². The molecule has 2 rings (SSSR count). The molecule has 0 unspecified atom stereocenters. The van der Waals surface area contributed by atoms with Crippen LogP contribution in [-0.2, 0) is 0 Å². The van der Waals surface area contributed by atoms with Crippen LogP contribution in [0.15, 0.2) is 42.6 Å². The Morgan fingerprint density at radius 1 is 1.26 bits per heavy atom. The lowest BCUT2D eigenvalue weighted by molar-refractivity contribution is -0.385. The van der Waals surface area contributed by atoms with Crippen LogP contribution in [0.2, 0.25) is 5.15 Å². The lowest BCUT2D eigenvalue weighted by Crippen LogP contribution is -2.14. The third-order valence-corrected chi connectivity index (χ3v) is 2.65. The number of hydrogen-bond acceptors (Lipinski definition) is 4. The van der Waals surface area contributed by atoms with Gasteiger partial charge >= 0.3 is 0 Å². The van der Waals surface area contributed by atoms with Gasteiger partial charge in [-0.05, 0) is 18.2 Å². The number of rotatable bonds is 3. The topological polar surface area (TPSA) is 85.1 Å². The third kappa shape index (κ3) is 2.86. The van der Waals surface area contributed by atoms with Crippen LogP contribution in [0.4, 0.5) is 11.4 Å². The van der Waals surface area contributed by atoms with Crippen LogP contribution in [0.25, 0.3) is 0 Å². The maximum atomic E-state index is 12.0. The second kappa shape index (κ2) is 5.45. The minimum atomic E-state index is -0.611. The lowest BCUT2D eigenvalue weighted by Gasteiger charge is -2.06. The predicted molar refractivity (Wildman–Crippen MR) is 70.3 cm³/mol. The van der Waals surface area contributed by atoms with Crippen molar-refractivity contribution >= 4 is 28.9 Å². The molecule has 2 aromatic rings. The Hall–Kier alpha value is -2.47. The molecule has 1 N–H and O–H groups in total. The maximum Gasteiger partial charge on any atom is 0.282 e. The Bertz CT molecular complexity index is 646. The largest absolute Gasteiger partial charge is 0.319 e. The summed E-state index contributed by atoms with van der Waals surface area (Å²) in [5.74, 6) is -0.609. The molecular weight excluding hydrogens is 270 g/mol. The summed E-state index contributed by atoms with van der Waals surface area (Å²) in [6.07, 6.45) is 1.48. The van der Waals surface area contributed by atoms with E-state index < -0.39 is 10.8 Å². The van der Waals surface area contributed by atoms with Crippen molar-refractivity contribution in [2.24, 2.45) is 0 Å². The van der Waals surface area contributed by atoms with Crippen LogP contribution in [0.5, 0.6) is 0 Å². The number of anilines is 1. The number of nitro groups is 1. The number of carbonyl (C=O) groups is 1. The monoisotopic (exact) mass is 277 g/mol. The molecule has 1 aromatic heterocycles. The van der Waals surface area contributed by atoms with Crippen molar-refractivity contribution in [3.05, 3.63) is 63.4 Å². The van der Waals surface area contributed by atoms with Gasteiger partial charge in [-0.3, -0.25) is 14.9 Å². The number of hydrogen-bond donors (Lipinski definition) is 1. The highest BCUT2D eigenvalue weighted by Crippen LogP contribution is 2.22. The molecule has 0 aliphatic carbocycles. The first-order valence-electron chi connectivity index (χ1n) is 5.25.